The van der Waals surface area contributed by atoms with Crippen LogP contribution in [0.1, 0.15) is 81.8 Å². The minimum Gasteiger partial charge on any atom is -0.370 e. The van der Waals surface area contributed by atoms with Crippen LogP contribution >= 0.6 is 0 Å². The zero-order valence-corrected chi connectivity index (χ0v) is 13.3. The highest BCUT2D eigenvalue weighted by molar-refractivity contribution is 5.46. The highest BCUT2D eigenvalue weighted by Crippen LogP contribution is 2.30. The van der Waals surface area contributed by atoms with Crippen molar-refractivity contribution in [1.29, 1.82) is 0 Å². The van der Waals surface area contributed by atoms with Crippen LogP contribution in [0, 0.1) is 6.92 Å². The summed E-state index contributed by atoms with van der Waals surface area (Å²) >= 11 is 0. The van der Waals surface area contributed by atoms with Gasteiger partial charge in [-0.15, -0.1) is 0 Å². The Bertz CT molecular complexity index is 420. The Morgan fingerprint density at radius 1 is 1.00 bits per heavy atom. The molecule has 1 saturated carbocycles. The highest BCUT2D eigenvalue weighted by atomic mass is 15.0. The maximum atomic E-state index is 4.87. The van der Waals surface area contributed by atoms with Gasteiger partial charge in [-0.1, -0.05) is 39.0 Å². The summed E-state index contributed by atoms with van der Waals surface area (Å²) in [5.41, 5.74) is 2.44. The van der Waals surface area contributed by atoms with Crippen molar-refractivity contribution in [3.8, 4) is 0 Å². The Morgan fingerprint density at radius 3 is 2.25 bits per heavy atom. The van der Waals surface area contributed by atoms with Crippen LogP contribution in [0.15, 0.2) is 0 Å². The van der Waals surface area contributed by atoms with Gasteiger partial charge in [-0.3, -0.25) is 0 Å². The number of aryl methyl sites for hydroxylation is 1. The Labute approximate surface area is 123 Å². The van der Waals surface area contributed by atoms with E-state index in [1.165, 1.54) is 50.5 Å². The molecular weight excluding hydrogens is 246 g/mol. The van der Waals surface area contributed by atoms with Crippen molar-refractivity contribution < 1.29 is 0 Å². The number of aromatic nitrogens is 2. The van der Waals surface area contributed by atoms with Gasteiger partial charge in [-0.2, -0.15) is 0 Å². The van der Waals surface area contributed by atoms with Gasteiger partial charge in [0.1, 0.15) is 11.6 Å². The number of nitrogens with one attached hydrogen (secondary N) is 1. The van der Waals surface area contributed by atoms with E-state index in [0.717, 1.165) is 30.3 Å². The summed E-state index contributed by atoms with van der Waals surface area (Å²) in [6, 6.07) is 0. The molecule has 0 bridgehead atoms. The molecule has 112 valence electrons. The van der Waals surface area contributed by atoms with Gasteiger partial charge in [0.2, 0.25) is 0 Å². The van der Waals surface area contributed by atoms with Crippen LogP contribution in [-0.4, -0.2) is 16.5 Å². The van der Waals surface area contributed by atoms with Gasteiger partial charge in [0.25, 0.3) is 0 Å². The van der Waals surface area contributed by atoms with Gasteiger partial charge in [0, 0.05) is 23.7 Å². The molecule has 3 nitrogen and oxygen atoms in total. The fourth-order valence-corrected chi connectivity index (χ4v) is 3.25. The third kappa shape index (κ3) is 3.71. The van der Waals surface area contributed by atoms with E-state index < -0.39 is 0 Å². The minimum absolute atomic E-state index is 0.567. The lowest BCUT2D eigenvalue weighted by Crippen LogP contribution is -2.13. The van der Waals surface area contributed by atoms with Crippen molar-refractivity contribution in [2.75, 3.05) is 11.9 Å². The molecule has 20 heavy (non-hydrogen) atoms. The van der Waals surface area contributed by atoms with Crippen molar-refractivity contribution in [3.63, 3.8) is 0 Å². The quantitative estimate of drug-likeness (QED) is 0.872. The van der Waals surface area contributed by atoms with Crippen LogP contribution in [0.25, 0.3) is 0 Å². The number of nitrogens with zero attached hydrogens (tertiary/aromatic N) is 2. The summed E-state index contributed by atoms with van der Waals surface area (Å²) in [6.07, 6.45) is 10.3. The third-order valence-electron chi connectivity index (χ3n) is 4.40. The number of rotatable bonds is 4. The van der Waals surface area contributed by atoms with Gasteiger partial charge in [0.15, 0.2) is 0 Å². The molecule has 0 aliphatic heterocycles. The van der Waals surface area contributed by atoms with Gasteiger partial charge in [-0.05, 0) is 33.1 Å². The molecule has 1 aliphatic rings. The first kappa shape index (κ1) is 15.3. The van der Waals surface area contributed by atoms with Crippen molar-refractivity contribution >= 4 is 5.82 Å². The molecule has 0 unspecified atom stereocenters. The van der Waals surface area contributed by atoms with Gasteiger partial charge < -0.3 is 5.32 Å². The number of hydrogen-bond donors (Lipinski definition) is 1. The van der Waals surface area contributed by atoms with Crippen LogP contribution in [-0.2, 0) is 6.42 Å². The summed E-state index contributed by atoms with van der Waals surface area (Å²) in [5.74, 6) is 2.72. The van der Waals surface area contributed by atoms with Crippen LogP contribution in [0.5, 0.6) is 0 Å². The molecule has 0 amide bonds. The predicted octanol–water partition coefficient (Wildman–Crippen LogP) is 4.61. The minimum atomic E-state index is 0.567. The first-order valence-electron chi connectivity index (χ1n) is 8.37. The molecule has 0 saturated heterocycles. The molecule has 2 rings (SSSR count). The molecule has 0 radical (unpaired) electrons. The second-order valence-electron chi connectivity index (χ2n) is 5.92. The summed E-state index contributed by atoms with van der Waals surface area (Å²) in [6.45, 7) is 7.37. The molecule has 0 atom stereocenters. The van der Waals surface area contributed by atoms with E-state index >= 15 is 0 Å². The average molecular weight is 275 g/mol. The van der Waals surface area contributed by atoms with E-state index in [1.54, 1.807) is 0 Å². The summed E-state index contributed by atoms with van der Waals surface area (Å²) < 4.78 is 0. The van der Waals surface area contributed by atoms with Crippen LogP contribution < -0.4 is 5.32 Å². The smallest absolute Gasteiger partial charge is 0.134 e. The van der Waals surface area contributed by atoms with Crippen LogP contribution in [0.4, 0.5) is 5.82 Å². The lowest BCUT2D eigenvalue weighted by atomic mass is 9.90. The molecule has 1 aromatic heterocycles. The van der Waals surface area contributed by atoms with Crippen LogP contribution in [0.2, 0.25) is 0 Å². The Kier molecular flexibility index (Phi) is 5.81. The van der Waals surface area contributed by atoms with Gasteiger partial charge >= 0.3 is 0 Å². The monoisotopic (exact) mass is 275 g/mol. The largest absolute Gasteiger partial charge is 0.370 e. The van der Waals surface area contributed by atoms with Gasteiger partial charge in [0.05, 0.1) is 0 Å². The third-order valence-corrected chi connectivity index (χ3v) is 4.40. The Hall–Kier alpha value is -1.12. The van der Waals surface area contributed by atoms with E-state index in [-0.39, 0.29) is 0 Å². The molecule has 1 heterocycles. The fraction of sp³-hybridized carbons (Fsp3) is 0.765. The molecule has 0 spiro atoms. The lowest BCUT2D eigenvalue weighted by molar-refractivity contribution is 0.442. The normalized spacial score (nSPS) is 17.6. The molecule has 1 fully saturated rings. The highest BCUT2D eigenvalue weighted by Gasteiger charge is 2.19. The zero-order valence-electron chi connectivity index (χ0n) is 13.3. The second kappa shape index (κ2) is 7.61. The number of anilines is 1. The van der Waals surface area contributed by atoms with E-state index in [1.807, 2.05) is 0 Å². The standard InChI is InChI=1S/C17H29N3/c1-4-15-13(3)19-16(20-17(15)18-5-2)14-11-9-7-6-8-10-12-14/h14H,4-12H2,1-3H3,(H,18,19,20). The van der Waals surface area contributed by atoms with Crippen molar-refractivity contribution in [2.24, 2.45) is 0 Å². The first-order chi connectivity index (χ1) is 9.76. The second-order valence-corrected chi connectivity index (χ2v) is 5.92. The first-order valence-corrected chi connectivity index (χ1v) is 8.37. The summed E-state index contributed by atoms with van der Waals surface area (Å²) in [7, 11) is 0. The summed E-state index contributed by atoms with van der Waals surface area (Å²) in [5, 5.41) is 3.42. The molecule has 1 aliphatic carbocycles. The maximum absolute atomic E-state index is 4.87. The fourth-order valence-electron chi connectivity index (χ4n) is 3.25. The Balaban J connectivity index is 2.25. The van der Waals surface area contributed by atoms with E-state index in [0.29, 0.717) is 5.92 Å². The molecular formula is C17H29N3. The predicted molar refractivity (Wildman–Crippen MR) is 85.4 cm³/mol. The van der Waals surface area contributed by atoms with Crippen molar-refractivity contribution in [2.45, 2.75) is 78.1 Å². The SMILES string of the molecule is CCNc1nc(C2CCCCCCC2)nc(C)c1CC. The Morgan fingerprint density at radius 2 is 1.65 bits per heavy atom. The average Bonchev–Trinajstić information content (AvgIpc) is 2.38. The molecule has 1 N–H and O–H groups in total. The van der Waals surface area contributed by atoms with Gasteiger partial charge in [-0.25, -0.2) is 9.97 Å². The van der Waals surface area contributed by atoms with E-state index in [9.17, 15) is 0 Å². The zero-order chi connectivity index (χ0) is 14.4. The molecule has 1 aromatic rings. The molecule has 0 aromatic carbocycles. The van der Waals surface area contributed by atoms with E-state index in [2.05, 4.69) is 26.1 Å². The van der Waals surface area contributed by atoms with Crippen molar-refractivity contribution in [3.05, 3.63) is 17.1 Å². The lowest BCUT2D eigenvalue weighted by Gasteiger charge is -2.21. The van der Waals surface area contributed by atoms with Crippen molar-refractivity contribution in [1.82, 2.24) is 9.97 Å². The summed E-state index contributed by atoms with van der Waals surface area (Å²) in [4.78, 5) is 9.70. The number of hydrogen-bond acceptors (Lipinski definition) is 3. The van der Waals surface area contributed by atoms with E-state index in [4.69, 9.17) is 9.97 Å². The maximum Gasteiger partial charge on any atom is 0.134 e. The van der Waals surface area contributed by atoms with Crippen LogP contribution in [0.3, 0.4) is 0 Å². The topological polar surface area (TPSA) is 37.8 Å². The molecule has 3 heteroatoms.